The van der Waals surface area contributed by atoms with Crippen molar-refractivity contribution < 1.29 is 14.6 Å². The Hall–Kier alpha value is -3.36. The van der Waals surface area contributed by atoms with Crippen LogP contribution in [0.5, 0.6) is 0 Å². The van der Waals surface area contributed by atoms with Crippen LogP contribution in [0.4, 0.5) is 10.7 Å². The van der Waals surface area contributed by atoms with Gasteiger partial charge in [-0.25, -0.2) is 0 Å². The molecular formula is C15H8N4O5S2. The Bertz CT molecular complexity index is 1160. The number of nitro benzene ring substituents is 1. The third-order valence-electron chi connectivity index (χ3n) is 3.31. The van der Waals surface area contributed by atoms with E-state index in [-0.39, 0.29) is 26.9 Å². The summed E-state index contributed by atoms with van der Waals surface area (Å²) in [6.45, 7) is 0.0673. The number of carbonyl (C=O) groups excluding carboxylic acids is 1. The predicted molar refractivity (Wildman–Crippen MR) is 96.2 cm³/mol. The van der Waals surface area contributed by atoms with E-state index in [9.17, 15) is 25.0 Å². The second-order valence-electron chi connectivity index (χ2n) is 4.90. The van der Waals surface area contributed by atoms with Gasteiger partial charge >= 0.3 is 5.00 Å². The minimum atomic E-state index is -0.644. The normalized spacial score (nSPS) is 11.4. The summed E-state index contributed by atoms with van der Waals surface area (Å²) in [5.41, 5.74) is 0.388. The summed E-state index contributed by atoms with van der Waals surface area (Å²) in [7, 11) is 0. The molecule has 11 heteroatoms. The van der Waals surface area contributed by atoms with Crippen molar-refractivity contribution in [2.45, 2.75) is 6.54 Å². The number of benzene rings is 1. The maximum Gasteiger partial charge on any atom is 0.324 e. The maximum absolute atomic E-state index is 12.3. The van der Waals surface area contributed by atoms with Gasteiger partial charge in [-0.2, -0.15) is 4.99 Å². The lowest BCUT2D eigenvalue weighted by Crippen LogP contribution is -2.16. The highest BCUT2D eigenvalue weighted by Gasteiger charge is 2.16. The van der Waals surface area contributed by atoms with Gasteiger partial charge in [0.15, 0.2) is 4.80 Å². The van der Waals surface area contributed by atoms with Gasteiger partial charge in [0.1, 0.15) is 4.88 Å². The van der Waals surface area contributed by atoms with E-state index < -0.39 is 15.8 Å². The van der Waals surface area contributed by atoms with Gasteiger partial charge in [0, 0.05) is 18.2 Å². The maximum atomic E-state index is 12.3. The zero-order chi connectivity index (χ0) is 18.8. The molecule has 1 amide bonds. The van der Waals surface area contributed by atoms with Crippen molar-refractivity contribution in [2.24, 2.45) is 4.99 Å². The molecule has 0 bridgehead atoms. The lowest BCUT2D eigenvalue weighted by atomic mass is 10.3. The molecular weight excluding hydrogens is 380 g/mol. The number of amides is 1. The molecule has 0 N–H and O–H groups in total. The van der Waals surface area contributed by atoms with E-state index in [1.165, 1.54) is 28.8 Å². The van der Waals surface area contributed by atoms with Crippen LogP contribution in [-0.4, -0.2) is 20.3 Å². The summed E-state index contributed by atoms with van der Waals surface area (Å²) < 4.78 is 2.20. The summed E-state index contributed by atoms with van der Waals surface area (Å²) in [5.74, 6) is 1.78. The van der Waals surface area contributed by atoms with Crippen molar-refractivity contribution in [3.8, 4) is 12.3 Å². The van der Waals surface area contributed by atoms with Gasteiger partial charge in [-0.15, -0.1) is 6.42 Å². The smallest absolute Gasteiger partial charge is 0.304 e. The van der Waals surface area contributed by atoms with Gasteiger partial charge in [-0.05, 0) is 12.1 Å². The first-order valence-corrected chi connectivity index (χ1v) is 8.58. The molecule has 26 heavy (non-hydrogen) atoms. The van der Waals surface area contributed by atoms with Gasteiger partial charge in [-0.1, -0.05) is 28.6 Å². The standard InChI is InChI=1S/C15H8N4O5S2/c1-2-7-17-10-8-9(18(21)22)3-4-11(10)26-15(17)16-14(20)12-5-6-13(25-12)19(23)24/h1,3-6,8H,7H2. The van der Waals surface area contributed by atoms with Crippen molar-refractivity contribution in [3.63, 3.8) is 0 Å². The minimum Gasteiger partial charge on any atom is -0.304 e. The fourth-order valence-electron chi connectivity index (χ4n) is 2.18. The first-order chi connectivity index (χ1) is 12.4. The van der Waals surface area contributed by atoms with E-state index >= 15 is 0 Å². The molecule has 3 aromatic rings. The first kappa shape index (κ1) is 17.5. The zero-order valence-corrected chi connectivity index (χ0v) is 14.5. The number of fused-ring (bicyclic) bond motifs is 1. The Morgan fingerprint density at radius 1 is 1.19 bits per heavy atom. The van der Waals surface area contributed by atoms with Crippen molar-refractivity contribution >= 4 is 49.5 Å². The van der Waals surface area contributed by atoms with Crippen molar-refractivity contribution in [1.82, 2.24) is 4.57 Å². The van der Waals surface area contributed by atoms with Crippen LogP contribution in [0.3, 0.4) is 0 Å². The predicted octanol–water partition coefficient (Wildman–Crippen LogP) is 2.96. The number of nitrogens with zero attached hydrogens (tertiary/aromatic N) is 4. The average molecular weight is 388 g/mol. The number of nitro groups is 2. The largest absolute Gasteiger partial charge is 0.324 e. The van der Waals surface area contributed by atoms with Crippen LogP contribution in [0.25, 0.3) is 10.2 Å². The Morgan fingerprint density at radius 3 is 2.58 bits per heavy atom. The number of terminal acetylenes is 1. The highest BCUT2D eigenvalue weighted by Crippen LogP contribution is 2.25. The number of carbonyl (C=O) groups is 1. The monoisotopic (exact) mass is 388 g/mol. The van der Waals surface area contributed by atoms with Crippen LogP contribution in [0.2, 0.25) is 0 Å². The van der Waals surface area contributed by atoms with Crippen LogP contribution in [0.15, 0.2) is 35.3 Å². The summed E-state index contributed by atoms with van der Waals surface area (Å²) in [4.78, 5) is 37.3. The van der Waals surface area contributed by atoms with Gasteiger partial charge in [0.05, 0.1) is 26.6 Å². The Morgan fingerprint density at radius 2 is 1.96 bits per heavy atom. The number of hydrogen-bond donors (Lipinski definition) is 0. The third-order valence-corrected chi connectivity index (χ3v) is 5.39. The van der Waals surface area contributed by atoms with E-state index in [0.717, 1.165) is 22.7 Å². The molecule has 0 fully saturated rings. The Balaban J connectivity index is 2.13. The lowest BCUT2D eigenvalue weighted by molar-refractivity contribution is -0.384. The fourth-order valence-corrected chi connectivity index (χ4v) is 3.90. The van der Waals surface area contributed by atoms with E-state index in [1.54, 1.807) is 6.07 Å². The van der Waals surface area contributed by atoms with E-state index in [1.807, 2.05) is 0 Å². The van der Waals surface area contributed by atoms with E-state index in [4.69, 9.17) is 6.42 Å². The molecule has 3 rings (SSSR count). The van der Waals surface area contributed by atoms with Gasteiger partial charge in [0.25, 0.3) is 11.6 Å². The highest BCUT2D eigenvalue weighted by atomic mass is 32.1. The summed E-state index contributed by atoms with van der Waals surface area (Å²) in [5, 5.41) is 21.5. The van der Waals surface area contributed by atoms with Crippen LogP contribution in [0, 0.1) is 32.6 Å². The number of thiazole rings is 1. The summed E-state index contributed by atoms with van der Waals surface area (Å²) in [6.07, 6.45) is 5.36. The van der Waals surface area contributed by atoms with Crippen molar-refractivity contribution in [3.05, 3.63) is 60.2 Å². The molecule has 0 unspecified atom stereocenters. The minimum absolute atomic E-state index is 0.0673. The molecule has 9 nitrogen and oxygen atoms in total. The lowest BCUT2D eigenvalue weighted by Gasteiger charge is -1.99. The van der Waals surface area contributed by atoms with Gasteiger partial charge in [0.2, 0.25) is 0 Å². The number of thiophene rings is 1. The molecule has 0 atom stereocenters. The molecule has 0 spiro atoms. The second kappa shape index (κ2) is 6.87. The number of aromatic nitrogens is 1. The van der Waals surface area contributed by atoms with Gasteiger partial charge < -0.3 is 4.57 Å². The second-order valence-corrected chi connectivity index (χ2v) is 6.97. The average Bonchev–Trinajstić information content (AvgIpc) is 3.21. The van der Waals surface area contributed by atoms with E-state index in [0.29, 0.717) is 10.2 Å². The Kier molecular flexibility index (Phi) is 4.61. The molecule has 0 aliphatic carbocycles. The molecule has 1 aromatic carbocycles. The van der Waals surface area contributed by atoms with Crippen LogP contribution < -0.4 is 4.80 Å². The van der Waals surface area contributed by atoms with Crippen LogP contribution in [-0.2, 0) is 6.54 Å². The topological polar surface area (TPSA) is 121 Å². The molecule has 130 valence electrons. The van der Waals surface area contributed by atoms with Crippen LogP contribution >= 0.6 is 22.7 Å². The SMILES string of the molecule is C#CCn1c(=NC(=O)c2ccc([N+](=O)[O-])s2)sc2ccc([N+](=O)[O-])cc21. The number of hydrogen-bond acceptors (Lipinski definition) is 7. The zero-order valence-electron chi connectivity index (χ0n) is 12.8. The summed E-state index contributed by atoms with van der Waals surface area (Å²) in [6, 6.07) is 6.84. The van der Waals surface area contributed by atoms with Gasteiger partial charge in [-0.3, -0.25) is 25.0 Å². The highest BCUT2D eigenvalue weighted by molar-refractivity contribution is 7.17. The number of non-ortho nitro benzene ring substituents is 1. The molecule has 0 saturated heterocycles. The van der Waals surface area contributed by atoms with E-state index in [2.05, 4.69) is 10.9 Å². The van der Waals surface area contributed by atoms with Crippen LogP contribution in [0.1, 0.15) is 9.67 Å². The molecule has 2 heterocycles. The number of rotatable bonds is 4. The molecule has 2 aromatic heterocycles. The van der Waals surface area contributed by atoms with Crippen molar-refractivity contribution in [2.75, 3.05) is 0 Å². The molecule has 0 radical (unpaired) electrons. The quantitative estimate of drug-likeness (QED) is 0.386. The van der Waals surface area contributed by atoms with Crippen molar-refractivity contribution in [1.29, 1.82) is 0 Å². The Labute approximate surface area is 153 Å². The molecule has 0 aliphatic rings. The fraction of sp³-hybridized carbons (Fsp3) is 0.0667. The summed E-state index contributed by atoms with van der Waals surface area (Å²) >= 11 is 1.87. The molecule has 0 saturated carbocycles. The third kappa shape index (κ3) is 3.23. The molecule has 0 aliphatic heterocycles. The first-order valence-electron chi connectivity index (χ1n) is 6.95.